The normalized spacial score (nSPS) is 16.1. The van der Waals surface area contributed by atoms with Crippen molar-refractivity contribution < 1.29 is 14.0 Å². The van der Waals surface area contributed by atoms with Crippen molar-refractivity contribution in [1.29, 1.82) is 0 Å². The number of thiocarbonyl (C=S) groups is 1. The molecule has 3 rings (SSSR count). The largest absolute Gasteiger partial charge is 0.465 e. The van der Waals surface area contributed by atoms with Crippen molar-refractivity contribution in [3.63, 3.8) is 0 Å². The molecule has 5 nitrogen and oxygen atoms in total. The summed E-state index contributed by atoms with van der Waals surface area (Å²) in [6, 6.07) is 8.00. The molecule has 1 aliphatic rings. The van der Waals surface area contributed by atoms with Gasteiger partial charge in [-0.1, -0.05) is 41.0 Å². The Morgan fingerprint density at radius 3 is 2.81 bits per heavy atom. The van der Waals surface area contributed by atoms with Crippen molar-refractivity contribution in [2.75, 3.05) is 0 Å². The van der Waals surface area contributed by atoms with Gasteiger partial charge in [-0.25, -0.2) is 0 Å². The third kappa shape index (κ3) is 4.19. The summed E-state index contributed by atoms with van der Waals surface area (Å²) in [6.07, 6.45) is 6.53. The van der Waals surface area contributed by atoms with Gasteiger partial charge in [0.05, 0.1) is 21.8 Å². The summed E-state index contributed by atoms with van der Waals surface area (Å²) in [5, 5.41) is 1.60. The molecule has 1 saturated heterocycles. The number of amides is 2. The van der Waals surface area contributed by atoms with Gasteiger partial charge >= 0.3 is 0 Å². The van der Waals surface area contributed by atoms with E-state index in [-0.39, 0.29) is 14.9 Å². The molecule has 2 heterocycles. The highest BCUT2D eigenvalue weighted by Gasteiger charge is 2.33. The predicted molar refractivity (Wildman–Crippen MR) is 107 cm³/mol. The number of hydrazine groups is 1. The molecule has 2 aromatic rings. The number of furan rings is 1. The van der Waals surface area contributed by atoms with Crippen LogP contribution in [0.3, 0.4) is 0 Å². The summed E-state index contributed by atoms with van der Waals surface area (Å²) in [6.45, 7) is 0. The second-order valence-corrected chi connectivity index (χ2v) is 7.50. The van der Waals surface area contributed by atoms with Crippen LogP contribution in [0.2, 0.25) is 10.0 Å². The molecule has 0 atom stereocenters. The van der Waals surface area contributed by atoms with Gasteiger partial charge < -0.3 is 4.42 Å². The lowest BCUT2D eigenvalue weighted by Crippen LogP contribution is -2.44. The Kier molecular flexibility index (Phi) is 5.83. The maximum absolute atomic E-state index is 12.4. The van der Waals surface area contributed by atoms with Crippen molar-refractivity contribution in [3.8, 4) is 0 Å². The lowest BCUT2D eigenvalue weighted by molar-refractivity contribution is -0.123. The zero-order valence-corrected chi connectivity index (χ0v) is 16.1. The van der Waals surface area contributed by atoms with Crippen LogP contribution < -0.4 is 5.43 Å². The number of nitrogens with one attached hydrogen (secondary N) is 1. The van der Waals surface area contributed by atoms with Crippen molar-refractivity contribution in [2.45, 2.75) is 0 Å². The van der Waals surface area contributed by atoms with Gasteiger partial charge in [0.2, 0.25) is 0 Å². The number of nitrogens with zero attached hydrogens (tertiary/aromatic N) is 1. The van der Waals surface area contributed by atoms with E-state index >= 15 is 0 Å². The molecule has 0 bridgehead atoms. The van der Waals surface area contributed by atoms with Crippen molar-refractivity contribution >= 4 is 69.4 Å². The fourth-order valence-electron chi connectivity index (χ4n) is 2.03. The number of rotatable bonds is 4. The molecular formula is C17H10Cl2N2O3S2. The van der Waals surface area contributed by atoms with Gasteiger partial charge in [0.25, 0.3) is 11.8 Å². The highest BCUT2D eigenvalue weighted by atomic mass is 35.5. The highest BCUT2D eigenvalue weighted by Crippen LogP contribution is 2.30. The predicted octanol–water partition coefficient (Wildman–Crippen LogP) is 4.69. The van der Waals surface area contributed by atoms with E-state index in [1.54, 1.807) is 36.6 Å². The molecule has 1 aliphatic heterocycles. The van der Waals surface area contributed by atoms with Crippen LogP contribution in [0.5, 0.6) is 0 Å². The molecule has 1 aromatic heterocycles. The fraction of sp³-hybridized carbons (Fsp3) is 0. The topological polar surface area (TPSA) is 62.6 Å². The summed E-state index contributed by atoms with van der Waals surface area (Å²) in [5.74, 6) is -0.333. The SMILES string of the molecule is O=C(NN1C(=O)/C(=C/C=C/c2ccco2)SC1=S)c1ccc(Cl)cc1Cl. The summed E-state index contributed by atoms with van der Waals surface area (Å²) in [4.78, 5) is 25.2. The number of benzene rings is 1. The van der Waals surface area contributed by atoms with E-state index in [4.69, 9.17) is 39.8 Å². The van der Waals surface area contributed by atoms with E-state index < -0.39 is 11.8 Å². The van der Waals surface area contributed by atoms with E-state index in [9.17, 15) is 9.59 Å². The van der Waals surface area contributed by atoms with Crippen LogP contribution in [0.15, 0.2) is 58.1 Å². The Hall–Kier alpha value is -2.06. The summed E-state index contributed by atoms with van der Waals surface area (Å²) in [5.41, 5.74) is 2.65. The molecule has 1 N–H and O–H groups in total. The van der Waals surface area contributed by atoms with Gasteiger partial charge in [0.1, 0.15) is 5.76 Å². The van der Waals surface area contributed by atoms with Crippen LogP contribution in [-0.2, 0) is 4.79 Å². The molecule has 1 fully saturated rings. The van der Waals surface area contributed by atoms with Crippen molar-refractivity contribution in [3.05, 3.63) is 75.0 Å². The average Bonchev–Trinajstić information content (AvgIpc) is 3.19. The molecule has 0 spiro atoms. The highest BCUT2D eigenvalue weighted by molar-refractivity contribution is 8.26. The first-order valence-electron chi connectivity index (χ1n) is 7.20. The first kappa shape index (κ1) is 18.7. The van der Waals surface area contributed by atoms with Crippen molar-refractivity contribution in [1.82, 2.24) is 10.4 Å². The van der Waals surface area contributed by atoms with Crippen LogP contribution in [0.25, 0.3) is 6.08 Å². The van der Waals surface area contributed by atoms with Crippen LogP contribution in [0.4, 0.5) is 0 Å². The minimum Gasteiger partial charge on any atom is -0.465 e. The van der Waals surface area contributed by atoms with E-state index in [1.165, 1.54) is 18.2 Å². The second kappa shape index (κ2) is 8.09. The van der Waals surface area contributed by atoms with Gasteiger partial charge in [-0.2, -0.15) is 5.01 Å². The number of carbonyl (C=O) groups is 2. The van der Waals surface area contributed by atoms with E-state index in [0.29, 0.717) is 15.7 Å². The van der Waals surface area contributed by atoms with Crippen LogP contribution >= 0.6 is 47.2 Å². The molecule has 9 heteroatoms. The lowest BCUT2D eigenvalue weighted by atomic mass is 10.2. The molecule has 0 unspecified atom stereocenters. The van der Waals surface area contributed by atoms with Gasteiger partial charge in [-0.3, -0.25) is 15.0 Å². The molecule has 1 aromatic carbocycles. The number of hydrogen-bond acceptors (Lipinski definition) is 5. The van der Waals surface area contributed by atoms with Crippen LogP contribution in [0.1, 0.15) is 16.1 Å². The molecule has 26 heavy (non-hydrogen) atoms. The van der Waals surface area contributed by atoms with Crippen LogP contribution in [0, 0.1) is 0 Å². The summed E-state index contributed by atoms with van der Waals surface area (Å²) < 4.78 is 5.38. The van der Waals surface area contributed by atoms with E-state index in [2.05, 4.69) is 5.43 Å². The Morgan fingerprint density at radius 1 is 1.31 bits per heavy atom. The lowest BCUT2D eigenvalue weighted by Gasteiger charge is -2.16. The maximum atomic E-state index is 12.4. The standard InChI is InChI=1S/C17H10Cl2N2O3S2/c18-10-6-7-12(13(19)9-10)15(22)20-21-16(23)14(26-17(21)25)5-1-3-11-4-2-8-24-11/h1-9H,(H,20,22)/b3-1+,14-5-. The molecule has 2 amide bonds. The first-order valence-corrected chi connectivity index (χ1v) is 9.18. The van der Waals surface area contributed by atoms with E-state index in [0.717, 1.165) is 16.8 Å². The first-order chi connectivity index (χ1) is 12.5. The molecule has 0 aliphatic carbocycles. The summed E-state index contributed by atoms with van der Waals surface area (Å²) in [7, 11) is 0. The Labute approximate surface area is 168 Å². The third-order valence-corrected chi connectivity index (χ3v) is 5.10. The molecule has 132 valence electrons. The monoisotopic (exact) mass is 424 g/mol. The quantitative estimate of drug-likeness (QED) is 0.569. The Morgan fingerprint density at radius 2 is 2.12 bits per heavy atom. The fourth-order valence-corrected chi connectivity index (χ4v) is 3.66. The number of allylic oxidation sites excluding steroid dienone is 2. The number of thioether (sulfide) groups is 1. The van der Waals surface area contributed by atoms with Gasteiger partial charge in [0.15, 0.2) is 4.32 Å². The molecule has 0 radical (unpaired) electrons. The maximum Gasteiger partial charge on any atom is 0.285 e. The summed E-state index contributed by atoms with van der Waals surface area (Å²) >= 11 is 18.1. The number of halogens is 2. The Bertz CT molecular complexity index is 939. The van der Waals surface area contributed by atoms with Gasteiger partial charge in [0, 0.05) is 5.02 Å². The second-order valence-electron chi connectivity index (χ2n) is 4.98. The van der Waals surface area contributed by atoms with Gasteiger partial charge in [-0.05, 0) is 54.7 Å². The average molecular weight is 425 g/mol. The van der Waals surface area contributed by atoms with E-state index in [1.807, 2.05) is 0 Å². The minimum atomic E-state index is -0.560. The number of hydrogen-bond donors (Lipinski definition) is 1. The smallest absolute Gasteiger partial charge is 0.285 e. The van der Waals surface area contributed by atoms with Gasteiger partial charge in [-0.15, -0.1) is 0 Å². The van der Waals surface area contributed by atoms with Crippen molar-refractivity contribution in [2.24, 2.45) is 0 Å². The Balaban J connectivity index is 1.71. The third-order valence-electron chi connectivity index (χ3n) is 3.23. The zero-order chi connectivity index (χ0) is 18.7. The van der Waals surface area contributed by atoms with Crippen LogP contribution in [-0.4, -0.2) is 21.1 Å². The molecular weight excluding hydrogens is 415 g/mol. The minimum absolute atomic E-state index is 0.178. The number of carbonyl (C=O) groups excluding carboxylic acids is 2. The molecule has 0 saturated carbocycles. The zero-order valence-electron chi connectivity index (χ0n) is 12.9.